The SMILES string of the molecule is CC(C)CN(C)C1CCC1.CCO. The minimum atomic E-state index is 0.250. The van der Waals surface area contributed by atoms with Gasteiger partial charge in [-0.05, 0) is 32.7 Å². The summed E-state index contributed by atoms with van der Waals surface area (Å²) in [6.45, 7) is 7.77. The Bertz CT molecular complexity index is 111. The van der Waals surface area contributed by atoms with Crippen molar-refractivity contribution in [1.29, 1.82) is 0 Å². The van der Waals surface area contributed by atoms with Crippen LogP contribution in [0.25, 0.3) is 0 Å². The van der Waals surface area contributed by atoms with E-state index in [0.717, 1.165) is 12.0 Å². The molecule has 0 amide bonds. The molecule has 0 aromatic carbocycles. The lowest BCUT2D eigenvalue weighted by atomic mass is 9.91. The summed E-state index contributed by atoms with van der Waals surface area (Å²) in [5.41, 5.74) is 0. The Kier molecular flexibility index (Phi) is 7.29. The molecule has 0 aromatic heterocycles. The van der Waals surface area contributed by atoms with Crippen LogP contribution in [0.5, 0.6) is 0 Å². The maximum atomic E-state index is 7.57. The lowest BCUT2D eigenvalue weighted by Crippen LogP contribution is -2.39. The predicted octanol–water partition coefficient (Wildman–Crippen LogP) is 2.13. The Hall–Kier alpha value is -0.0800. The van der Waals surface area contributed by atoms with Gasteiger partial charge in [-0.2, -0.15) is 0 Å². The average Bonchev–Trinajstić information content (AvgIpc) is 1.81. The second-order valence-electron chi connectivity index (χ2n) is 4.23. The molecule has 2 nitrogen and oxygen atoms in total. The van der Waals surface area contributed by atoms with E-state index in [1.165, 1.54) is 25.8 Å². The van der Waals surface area contributed by atoms with E-state index in [4.69, 9.17) is 5.11 Å². The third-order valence-electron chi connectivity index (χ3n) is 2.35. The van der Waals surface area contributed by atoms with E-state index in [9.17, 15) is 0 Å². The molecule has 1 aliphatic rings. The molecule has 1 N–H and O–H groups in total. The first-order chi connectivity index (χ1) is 6.11. The van der Waals surface area contributed by atoms with Gasteiger partial charge in [0.1, 0.15) is 0 Å². The Balaban J connectivity index is 0.000000424. The molecule has 0 heterocycles. The molecule has 0 bridgehead atoms. The number of aliphatic hydroxyl groups excluding tert-OH is 1. The van der Waals surface area contributed by atoms with Gasteiger partial charge in [0.25, 0.3) is 0 Å². The zero-order valence-corrected chi connectivity index (χ0v) is 9.58. The zero-order valence-electron chi connectivity index (χ0n) is 9.58. The minimum absolute atomic E-state index is 0.250. The zero-order chi connectivity index (χ0) is 10.3. The second-order valence-corrected chi connectivity index (χ2v) is 4.23. The molecule has 0 atom stereocenters. The molecule has 80 valence electrons. The molecule has 0 aromatic rings. The van der Waals surface area contributed by atoms with Gasteiger partial charge in [0.15, 0.2) is 0 Å². The smallest absolute Gasteiger partial charge is 0.0402 e. The van der Waals surface area contributed by atoms with E-state index in [2.05, 4.69) is 25.8 Å². The summed E-state index contributed by atoms with van der Waals surface area (Å²) in [6.07, 6.45) is 4.32. The van der Waals surface area contributed by atoms with Crippen molar-refractivity contribution in [1.82, 2.24) is 4.90 Å². The first kappa shape index (κ1) is 12.9. The highest BCUT2D eigenvalue weighted by molar-refractivity contribution is 4.77. The molecule has 2 heteroatoms. The maximum Gasteiger partial charge on any atom is 0.0402 e. The molecule has 1 rings (SSSR count). The predicted molar refractivity (Wildman–Crippen MR) is 57.9 cm³/mol. The first-order valence-electron chi connectivity index (χ1n) is 5.42. The van der Waals surface area contributed by atoms with Crippen molar-refractivity contribution in [3.63, 3.8) is 0 Å². The topological polar surface area (TPSA) is 23.5 Å². The van der Waals surface area contributed by atoms with Crippen LogP contribution in [0.4, 0.5) is 0 Å². The molecular formula is C11H25NO. The fourth-order valence-corrected chi connectivity index (χ4v) is 1.55. The summed E-state index contributed by atoms with van der Waals surface area (Å²) in [6, 6.07) is 0.919. The third kappa shape index (κ3) is 6.05. The van der Waals surface area contributed by atoms with E-state index in [1.54, 1.807) is 6.92 Å². The van der Waals surface area contributed by atoms with Crippen molar-refractivity contribution in [3.05, 3.63) is 0 Å². The van der Waals surface area contributed by atoms with Gasteiger partial charge in [-0.15, -0.1) is 0 Å². The average molecular weight is 187 g/mol. The number of hydrogen-bond acceptors (Lipinski definition) is 2. The quantitative estimate of drug-likeness (QED) is 0.731. The number of aliphatic hydroxyl groups is 1. The summed E-state index contributed by atoms with van der Waals surface area (Å²) in [7, 11) is 2.25. The second kappa shape index (κ2) is 7.34. The third-order valence-corrected chi connectivity index (χ3v) is 2.35. The van der Waals surface area contributed by atoms with Crippen LogP contribution in [0.1, 0.15) is 40.0 Å². The summed E-state index contributed by atoms with van der Waals surface area (Å²) >= 11 is 0. The number of nitrogens with zero attached hydrogens (tertiary/aromatic N) is 1. The molecule has 0 aliphatic heterocycles. The summed E-state index contributed by atoms with van der Waals surface area (Å²) in [5, 5.41) is 7.57. The van der Waals surface area contributed by atoms with Crippen LogP contribution in [-0.4, -0.2) is 36.2 Å². The van der Waals surface area contributed by atoms with Crippen LogP contribution in [0, 0.1) is 5.92 Å². The summed E-state index contributed by atoms with van der Waals surface area (Å²) < 4.78 is 0. The molecule has 0 saturated heterocycles. The molecule has 1 saturated carbocycles. The van der Waals surface area contributed by atoms with Crippen molar-refractivity contribution < 1.29 is 5.11 Å². The highest BCUT2D eigenvalue weighted by Crippen LogP contribution is 2.23. The lowest BCUT2D eigenvalue weighted by Gasteiger charge is -2.35. The van der Waals surface area contributed by atoms with Gasteiger partial charge in [0.2, 0.25) is 0 Å². The van der Waals surface area contributed by atoms with E-state index >= 15 is 0 Å². The highest BCUT2D eigenvalue weighted by atomic mass is 16.2. The van der Waals surface area contributed by atoms with Gasteiger partial charge >= 0.3 is 0 Å². The van der Waals surface area contributed by atoms with Crippen molar-refractivity contribution in [2.75, 3.05) is 20.2 Å². The van der Waals surface area contributed by atoms with E-state index in [-0.39, 0.29) is 6.61 Å². The maximum absolute atomic E-state index is 7.57. The van der Waals surface area contributed by atoms with Gasteiger partial charge in [0.05, 0.1) is 0 Å². The lowest BCUT2D eigenvalue weighted by molar-refractivity contribution is 0.145. The van der Waals surface area contributed by atoms with Gasteiger partial charge in [-0.25, -0.2) is 0 Å². The fraction of sp³-hybridized carbons (Fsp3) is 1.00. The Morgan fingerprint density at radius 3 is 2.08 bits per heavy atom. The molecule has 0 unspecified atom stereocenters. The monoisotopic (exact) mass is 187 g/mol. The number of rotatable bonds is 3. The fourth-order valence-electron chi connectivity index (χ4n) is 1.55. The Morgan fingerprint density at radius 2 is 1.85 bits per heavy atom. The molecular weight excluding hydrogens is 162 g/mol. The molecule has 0 spiro atoms. The van der Waals surface area contributed by atoms with E-state index in [1.807, 2.05) is 0 Å². The molecule has 13 heavy (non-hydrogen) atoms. The van der Waals surface area contributed by atoms with Crippen molar-refractivity contribution in [2.24, 2.45) is 5.92 Å². The minimum Gasteiger partial charge on any atom is -0.397 e. The van der Waals surface area contributed by atoms with Crippen LogP contribution in [0.3, 0.4) is 0 Å². The number of hydrogen-bond donors (Lipinski definition) is 1. The van der Waals surface area contributed by atoms with Crippen LogP contribution >= 0.6 is 0 Å². The van der Waals surface area contributed by atoms with E-state index < -0.39 is 0 Å². The standard InChI is InChI=1S/C9H19N.C2H6O/c1-8(2)7-10(3)9-5-4-6-9;1-2-3/h8-9H,4-7H2,1-3H3;3H,2H2,1H3. The van der Waals surface area contributed by atoms with Crippen LogP contribution < -0.4 is 0 Å². The first-order valence-corrected chi connectivity index (χ1v) is 5.42. The largest absolute Gasteiger partial charge is 0.397 e. The van der Waals surface area contributed by atoms with Gasteiger partial charge in [0, 0.05) is 19.2 Å². The van der Waals surface area contributed by atoms with Crippen LogP contribution in [0.2, 0.25) is 0 Å². The van der Waals surface area contributed by atoms with Gasteiger partial charge in [-0.3, -0.25) is 0 Å². The van der Waals surface area contributed by atoms with Gasteiger partial charge in [-0.1, -0.05) is 20.3 Å². The molecule has 0 radical (unpaired) electrons. The van der Waals surface area contributed by atoms with E-state index in [0.29, 0.717) is 0 Å². The van der Waals surface area contributed by atoms with Crippen LogP contribution in [-0.2, 0) is 0 Å². The summed E-state index contributed by atoms with van der Waals surface area (Å²) in [5.74, 6) is 0.825. The summed E-state index contributed by atoms with van der Waals surface area (Å²) in [4.78, 5) is 2.51. The Morgan fingerprint density at radius 1 is 1.38 bits per heavy atom. The van der Waals surface area contributed by atoms with Crippen molar-refractivity contribution in [2.45, 2.75) is 46.1 Å². The van der Waals surface area contributed by atoms with Gasteiger partial charge < -0.3 is 10.0 Å². The molecule has 1 aliphatic carbocycles. The van der Waals surface area contributed by atoms with Crippen molar-refractivity contribution in [3.8, 4) is 0 Å². The Labute approximate surface area is 82.9 Å². The highest BCUT2D eigenvalue weighted by Gasteiger charge is 2.21. The van der Waals surface area contributed by atoms with Crippen LogP contribution in [0.15, 0.2) is 0 Å². The molecule has 1 fully saturated rings. The van der Waals surface area contributed by atoms with Crippen molar-refractivity contribution >= 4 is 0 Å². The normalized spacial score (nSPS) is 16.8.